The van der Waals surface area contributed by atoms with Crippen molar-refractivity contribution in [3.05, 3.63) is 28.2 Å². The van der Waals surface area contributed by atoms with Crippen LogP contribution in [0.4, 0.5) is 0 Å². The fraction of sp³-hybridized carbons (Fsp3) is 0.500. The van der Waals surface area contributed by atoms with Crippen LogP contribution in [0, 0.1) is 0 Å². The predicted molar refractivity (Wildman–Crippen MR) is 76.2 cm³/mol. The van der Waals surface area contributed by atoms with E-state index in [9.17, 15) is 4.79 Å². The minimum Gasteiger partial charge on any atom is -0.496 e. The summed E-state index contributed by atoms with van der Waals surface area (Å²) in [6.07, 6.45) is 2.29. The third-order valence-electron chi connectivity index (χ3n) is 3.34. The first-order valence-corrected chi connectivity index (χ1v) is 7.17. The Morgan fingerprint density at radius 2 is 2.26 bits per heavy atom. The quantitative estimate of drug-likeness (QED) is 0.870. The Balaban J connectivity index is 1.78. The number of aryl methyl sites for hydroxylation is 1. The average Bonchev–Trinajstić information content (AvgIpc) is 2.35. The van der Waals surface area contributed by atoms with Crippen LogP contribution >= 0.6 is 15.9 Å². The second kappa shape index (κ2) is 6.39. The second-order valence-electron chi connectivity index (χ2n) is 4.86. The molecule has 1 aromatic carbocycles. The van der Waals surface area contributed by atoms with Crippen molar-refractivity contribution >= 4 is 21.8 Å². The predicted octanol–water partition coefficient (Wildman–Crippen LogP) is 2.03. The van der Waals surface area contributed by atoms with Crippen LogP contribution in [0.15, 0.2) is 22.7 Å². The fourth-order valence-corrected chi connectivity index (χ4v) is 2.72. The Morgan fingerprint density at radius 3 is 2.84 bits per heavy atom. The van der Waals surface area contributed by atoms with Crippen molar-refractivity contribution in [3.8, 4) is 5.75 Å². The molecule has 104 valence electrons. The maximum atomic E-state index is 11.7. The monoisotopic (exact) mass is 327 g/mol. The molecule has 4 nitrogen and oxygen atoms in total. The molecule has 1 aromatic rings. The maximum absolute atomic E-state index is 11.7. The maximum Gasteiger partial charge on any atom is 0.220 e. The molecule has 1 aliphatic rings. The normalized spacial score (nSPS) is 21.6. The highest BCUT2D eigenvalue weighted by molar-refractivity contribution is 9.10. The lowest BCUT2D eigenvalue weighted by atomic mass is 9.89. The second-order valence-corrected chi connectivity index (χ2v) is 5.71. The summed E-state index contributed by atoms with van der Waals surface area (Å²) in [6, 6.07) is 5.98. The summed E-state index contributed by atoms with van der Waals surface area (Å²) in [5.41, 5.74) is 1.09. The molecule has 19 heavy (non-hydrogen) atoms. The number of rotatable bonds is 5. The lowest BCUT2D eigenvalue weighted by molar-refractivity contribution is -0.123. The van der Waals surface area contributed by atoms with Gasteiger partial charge in [0.25, 0.3) is 0 Å². The van der Waals surface area contributed by atoms with Crippen LogP contribution in [0.5, 0.6) is 5.75 Å². The molecule has 5 heteroatoms. The molecular formula is C14H18BrNO3. The van der Waals surface area contributed by atoms with Gasteiger partial charge < -0.3 is 15.2 Å². The number of carbonyl (C=O) groups is 1. The first kappa shape index (κ1) is 14.3. The van der Waals surface area contributed by atoms with Gasteiger partial charge in [0, 0.05) is 12.5 Å². The molecule has 0 aliphatic heterocycles. The molecule has 0 spiro atoms. The largest absolute Gasteiger partial charge is 0.496 e. The number of ether oxygens (including phenoxy) is 1. The highest BCUT2D eigenvalue weighted by atomic mass is 79.9. The topological polar surface area (TPSA) is 58.6 Å². The van der Waals surface area contributed by atoms with Crippen LogP contribution in [0.2, 0.25) is 0 Å². The van der Waals surface area contributed by atoms with Gasteiger partial charge in [0.15, 0.2) is 0 Å². The molecule has 0 aromatic heterocycles. The van der Waals surface area contributed by atoms with E-state index in [1.807, 2.05) is 18.2 Å². The van der Waals surface area contributed by atoms with Gasteiger partial charge >= 0.3 is 0 Å². The molecule has 0 atom stereocenters. The summed E-state index contributed by atoms with van der Waals surface area (Å²) in [5, 5.41) is 12.1. The molecule has 0 unspecified atom stereocenters. The number of amides is 1. The van der Waals surface area contributed by atoms with E-state index in [-0.39, 0.29) is 18.1 Å². The van der Waals surface area contributed by atoms with Crippen LogP contribution in [0.1, 0.15) is 24.8 Å². The lowest BCUT2D eigenvalue weighted by Gasteiger charge is -2.31. The van der Waals surface area contributed by atoms with Gasteiger partial charge in [-0.2, -0.15) is 0 Å². The number of nitrogens with one attached hydrogen (secondary N) is 1. The highest BCUT2D eigenvalue weighted by Gasteiger charge is 2.28. The van der Waals surface area contributed by atoms with Crippen LogP contribution in [-0.4, -0.2) is 30.3 Å². The highest BCUT2D eigenvalue weighted by Crippen LogP contribution is 2.26. The molecule has 0 radical (unpaired) electrons. The number of halogens is 1. The smallest absolute Gasteiger partial charge is 0.220 e. The summed E-state index contributed by atoms with van der Waals surface area (Å²) >= 11 is 3.43. The molecule has 2 rings (SSSR count). The first-order valence-electron chi connectivity index (χ1n) is 6.38. The summed E-state index contributed by atoms with van der Waals surface area (Å²) < 4.78 is 6.06. The molecule has 0 saturated heterocycles. The minimum atomic E-state index is -0.233. The average molecular weight is 328 g/mol. The molecule has 0 heterocycles. The van der Waals surface area contributed by atoms with Gasteiger partial charge in [0.1, 0.15) is 5.75 Å². The van der Waals surface area contributed by atoms with E-state index in [0.717, 1.165) is 15.8 Å². The van der Waals surface area contributed by atoms with Gasteiger partial charge in [-0.15, -0.1) is 0 Å². The van der Waals surface area contributed by atoms with Gasteiger partial charge in [0.2, 0.25) is 5.91 Å². The van der Waals surface area contributed by atoms with E-state index in [1.165, 1.54) is 0 Å². The number of benzene rings is 1. The lowest BCUT2D eigenvalue weighted by Crippen LogP contribution is -2.46. The number of methoxy groups -OCH3 is 1. The Bertz CT molecular complexity index is 458. The SMILES string of the molecule is COc1ccc(CCC(=O)NC2CC(O)C2)cc1Br. The van der Waals surface area contributed by atoms with Gasteiger partial charge in [-0.3, -0.25) is 4.79 Å². The zero-order valence-corrected chi connectivity index (χ0v) is 12.4. The van der Waals surface area contributed by atoms with E-state index in [4.69, 9.17) is 9.84 Å². The van der Waals surface area contributed by atoms with E-state index in [0.29, 0.717) is 25.7 Å². The number of hydrogen-bond acceptors (Lipinski definition) is 3. The zero-order valence-electron chi connectivity index (χ0n) is 10.9. The zero-order chi connectivity index (χ0) is 13.8. The molecule has 2 N–H and O–H groups in total. The number of hydrogen-bond donors (Lipinski definition) is 2. The van der Waals surface area contributed by atoms with Gasteiger partial charge in [-0.05, 0) is 52.9 Å². The third kappa shape index (κ3) is 3.94. The van der Waals surface area contributed by atoms with Crippen LogP contribution in [0.3, 0.4) is 0 Å². The van der Waals surface area contributed by atoms with Crippen LogP contribution < -0.4 is 10.1 Å². The summed E-state index contributed by atoms with van der Waals surface area (Å²) in [5.74, 6) is 0.834. The van der Waals surface area contributed by atoms with E-state index >= 15 is 0 Å². The molecule has 1 aliphatic carbocycles. The molecule has 1 fully saturated rings. The summed E-state index contributed by atoms with van der Waals surface area (Å²) in [4.78, 5) is 11.7. The van der Waals surface area contributed by atoms with Gasteiger partial charge in [-0.1, -0.05) is 6.07 Å². The molecule has 1 amide bonds. The van der Waals surface area contributed by atoms with Crippen molar-refractivity contribution in [1.82, 2.24) is 5.32 Å². The first-order chi connectivity index (χ1) is 9.08. The summed E-state index contributed by atoms with van der Waals surface area (Å²) in [7, 11) is 1.63. The van der Waals surface area contributed by atoms with E-state index in [2.05, 4.69) is 21.2 Å². The Kier molecular flexibility index (Phi) is 4.82. The summed E-state index contributed by atoms with van der Waals surface area (Å²) in [6.45, 7) is 0. The van der Waals surface area contributed by atoms with E-state index < -0.39 is 0 Å². The Morgan fingerprint density at radius 1 is 1.53 bits per heavy atom. The number of aliphatic hydroxyl groups excluding tert-OH is 1. The van der Waals surface area contributed by atoms with Crippen molar-refractivity contribution in [3.63, 3.8) is 0 Å². The number of carbonyl (C=O) groups excluding carboxylic acids is 1. The van der Waals surface area contributed by atoms with Crippen molar-refractivity contribution in [2.24, 2.45) is 0 Å². The van der Waals surface area contributed by atoms with Gasteiger partial charge in [0.05, 0.1) is 17.7 Å². The van der Waals surface area contributed by atoms with Crippen molar-refractivity contribution in [2.45, 2.75) is 37.8 Å². The van der Waals surface area contributed by atoms with Crippen molar-refractivity contribution in [1.29, 1.82) is 0 Å². The van der Waals surface area contributed by atoms with Crippen molar-refractivity contribution < 1.29 is 14.6 Å². The van der Waals surface area contributed by atoms with Gasteiger partial charge in [-0.25, -0.2) is 0 Å². The van der Waals surface area contributed by atoms with Crippen LogP contribution in [-0.2, 0) is 11.2 Å². The third-order valence-corrected chi connectivity index (χ3v) is 3.95. The van der Waals surface area contributed by atoms with E-state index in [1.54, 1.807) is 7.11 Å². The molecule has 0 bridgehead atoms. The minimum absolute atomic E-state index is 0.0452. The van der Waals surface area contributed by atoms with Crippen molar-refractivity contribution in [2.75, 3.05) is 7.11 Å². The Labute approximate surface area is 121 Å². The molecular weight excluding hydrogens is 310 g/mol. The standard InChI is InChI=1S/C14H18BrNO3/c1-19-13-4-2-9(6-12(13)15)3-5-14(18)16-10-7-11(17)8-10/h2,4,6,10-11,17H,3,5,7-8H2,1H3,(H,16,18). The molecule has 1 saturated carbocycles. The number of aliphatic hydroxyl groups is 1. The fourth-order valence-electron chi connectivity index (χ4n) is 2.13. The van der Waals surface area contributed by atoms with Crippen LogP contribution in [0.25, 0.3) is 0 Å². The Hall–Kier alpha value is -1.07.